The minimum absolute atomic E-state index is 0.255. The molecule has 2 aromatic carbocycles. The van der Waals surface area contributed by atoms with Crippen LogP contribution in [-0.2, 0) is 24.3 Å². The molecule has 1 amide bonds. The lowest BCUT2D eigenvalue weighted by Crippen LogP contribution is -2.52. The molecule has 6 nitrogen and oxygen atoms in total. The van der Waals surface area contributed by atoms with Gasteiger partial charge in [0.2, 0.25) is 5.91 Å². The number of rotatable bonds is 6. The molecule has 6 heteroatoms. The third-order valence-electron chi connectivity index (χ3n) is 6.47. The first-order valence-electron chi connectivity index (χ1n) is 11.8. The van der Waals surface area contributed by atoms with Crippen LogP contribution in [0.15, 0.2) is 59.6 Å². The highest BCUT2D eigenvalue weighted by Gasteiger charge is 2.21. The Kier molecular flexibility index (Phi) is 7.77. The molecule has 0 saturated carbocycles. The molecule has 0 bridgehead atoms. The van der Waals surface area contributed by atoms with E-state index in [0.29, 0.717) is 6.42 Å². The van der Waals surface area contributed by atoms with Gasteiger partial charge >= 0.3 is 0 Å². The number of carbonyl (C=O) groups is 1. The van der Waals surface area contributed by atoms with Crippen molar-refractivity contribution in [3.05, 3.63) is 71.3 Å². The molecule has 1 saturated heterocycles. The number of benzene rings is 2. The Bertz CT molecular complexity index is 905. The van der Waals surface area contributed by atoms with E-state index < -0.39 is 0 Å². The zero-order valence-corrected chi connectivity index (χ0v) is 19.2. The molecule has 170 valence electrons. The van der Waals surface area contributed by atoms with Gasteiger partial charge in [0.1, 0.15) is 0 Å². The normalized spacial score (nSPS) is 17.2. The number of amides is 1. The highest BCUT2D eigenvalue weighted by Crippen LogP contribution is 2.19. The Labute approximate surface area is 191 Å². The number of piperazine rings is 1. The van der Waals surface area contributed by atoms with Crippen LogP contribution in [0, 0.1) is 0 Å². The summed E-state index contributed by atoms with van der Waals surface area (Å²) in [6.45, 7) is 7.36. The van der Waals surface area contributed by atoms with Gasteiger partial charge in [-0.3, -0.25) is 14.7 Å². The Hall–Kier alpha value is -2.86. The number of hydrogen-bond donors (Lipinski definition) is 1. The summed E-state index contributed by atoms with van der Waals surface area (Å²) < 4.78 is 0. The summed E-state index contributed by atoms with van der Waals surface area (Å²) in [4.78, 5) is 24.0. The monoisotopic (exact) mass is 433 g/mol. The minimum atomic E-state index is 0.255. The van der Waals surface area contributed by atoms with Gasteiger partial charge in [-0.25, -0.2) is 0 Å². The maximum absolute atomic E-state index is 12.7. The first-order chi connectivity index (χ1) is 15.7. The highest BCUT2D eigenvalue weighted by molar-refractivity contribution is 5.80. The second-order valence-electron chi connectivity index (χ2n) is 8.66. The molecule has 2 aliphatic rings. The van der Waals surface area contributed by atoms with Crippen LogP contribution in [0.4, 0.5) is 0 Å². The van der Waals surface area contributed by atoms with Crippen molar-refractivity contribution in [3.63, 3.8) is 0 Å². The van der Waals surface area contributed by atoms with Crippen molar-refractivity contribution in [3.8, 4) is 0 Å². The average molecular weight is 434 g/mol. The topological polar surface area (TPSA) is 51.2 Å². The summed E-state index contributed by atoms with van der Waals surface area (Å²) in [7, 11) is 1.84. The Balaban J connectivity index is 1.15. The lowest BCUT2D eigenvalue weighted by Gasteiger charge is -2.36. The van der Waals surface area contributed by atoms with Crippen LogP contribution in [0.2, 0.25) is 0 Å². The van der Waals surface area contributed by atoms with E-state index >= 15 is 0 Å². The van der Waals surface area contributed by atoms with Crippen LogP contribution < -0.4 is 5.32 Å². The highest BCUT2D eigenvalue weighted by atomic mass is 16.2. The standard InChI is InChI=1S/C26H35N5O/c1-27-26(30-18-16-29(17-19-30)20-22-8-3-2-4-9-22)28-14-7-12-25(32)31-15-13-23-10-5-6-11-24(23)21-31/h2-6,8-11H,7,12-21H2,1H3,(H,27,28). The van der Waals surface area contributed by atoms with E-state index in [2.05, 4.69) is 74.7 Å². The van der Waals surface area contributed by atoms with Gasteiger partial charge in [0.25, 0.3) is 0 Å². The third kappa shape index (κ3) is 5.88. The SMILES string of the molecule is CN=C(NCCCC(=O)N1CCc2ccccc2C1)N1CCN(Cc2ccccc2)CC1. The Morgan fingerprint density at radius 3 is 2.38 bits per heavy atom. The molecule has 0 aromatic heterocycles. The average Bonchev–Trinajstić information content (AvgIpc) is 2.85. The largest absolute Gasteiger partial charge is 0.356 e. The van der Waals surface area contributed by atoms with Gasteiger partial charge in [-0.05, 0) is 29.5 Å². The third-order valence-corrected chi connectivity index (χ3v) is 6.47. The molecular formula is C26H35N5O. The fraction of sp³-hybridized carbons (Fsp3) is 0.462. The number of nitrogens with zero attached hydrogens (tertiary/aromatic N) is 4. The first kappa shape index (κ1) is 22.3. The number of fused-ring (bicyclic) bond motifs is 1. The molecule has 4 rings (SSSR count). The summed E-state index contributed by atoms with van der Waals surface area (Å²) in [5.41, 5.74) is 4.04. The molecule has 0 atom stereocenters. The second kappa shape index (κ2) is 11.1. The molecule has 0 spiro atoms. The van der Waals surface area contributed by atoms with Crippen LogP contribution in [-0.4, -0.2) is 72.9 Å². The summed E-state index contributed by atoms with van der Waals surface area (Å²) in [6, 6.07) is 19.1. The van der Waals surface area contributed by atoms with E-state index in [-0.39, 0.29) is 5.91 Å². The van der Waals surface area contributed by atoms with Crippen molar-refractivity contribution in [2.75, 3.05) is 46.3 Å². The van der Waals surface area contributed by atoms with E-state index in [1.807, 2.05) is 11.9 Å². The molecule has 2 aromatic rings. The van der Waals surface area contributed by atoms with E-state index in [1.165, 1.54) is 16.7 Å². The summed E-state index contributed by atoms with van der Waals surface area (Å²) >= 11 is 0. The predicted octanol–water partition coefficient (Wildman–Crippen LogP) is 2.74. The molecular weight excluding hydrogens is 398 g/mol. The molecule has 1 N–H and O–H groups in total. The van der Waals surface area contributed by atoms with Crippen molar-refractivity contribution >= 4 is 11.9 Å². The van der Waals surface area contributed by atoms with Gasteiger partial charge in [-0.2, -0.15) is 0 Å². The molecule has 0 unspecified atom stereocenters. The van der Waals surface area contributed by atoms with Crippen molar-refractivity contribution in [2.24, 2.45) is 4.99 Å². The summed E-state index contributed by atoms with van der Waals surface area (Å²) in [5.74, 6) is 1.20. The van der Waals surface area contributed by atoms with Crippen LogP contribution in [0.3, 0.4) is 0 Å². The van der Waals surface area contributed by atoms with Gasteiger partial charge < -0.3 is 15.1 Å². The zero-order valence-electron chi connectivity index (χ0n) is 19.2. The van der Waals surface area contributed by atoms with Crippen molar-refractivity contribution in [2.45, 2.75) is 32.4 Å². The number of carbonyl (C=O) groups excluding carboxylic acids is 1. The fourth-order valence-corrected chi connectivity index (χ4v) is 4.60. The quantitative estimate of drug-likeness (QED) is 0.432. The number of aliphatic imine (C=N–C) groups is 1. The molecule has 0 radical (unpaired) electrons. The van der Waals surface area contributed by atoms with Crippen molar-refractivity contribution < 1.29 is 4.79 Å². The predicted molar refractivity (Wildman–Crippen MR) is 129 cm³/mol. The number of hydrogen-bond acceptors (Lipinski definition) is 3. The van der Waals surface area contributed by atoms with E-state index in [4.69, 9.17) is 0 Å². The second-order valence-corrected chi connectivity index (χ2v) is 8.66. The van der Waals surface area contributed by atoms with E-state index in [0.717, 1.165) is 71.2 Å². The molecule has 2 heterocycles. The van der Waals surface area contributed by atoms with E-state index in [9.17, 15) is 4.79 Å². The minimum Gasteiger partial charge on any atom is -0.356 e. The van der Waals surface area contributed by atoms with Gasteiger partial charge in [0.05, 0.1) is 0 Å². The molecule has 0 aliphatic carbocycles. The smallest absolute Gasteiger partial charge is 0.222 e. The van der Waals surface area contributed by atoms with Gasteiger partial charge in [0, 0.05) is 65.8 Å². The van der Waals surface area contributed by atoms with Gasteiger partial charge in [-0.15, -0.1) is 0 Å². The summed E-state index contributed by atoms with van der Waals surface area (Å²) in [5, 5.41) is 3.46. The summed E-state index contributed by atoms with van der Waals surface area (Å²) in [6.07, 6.45) is 2.37. The van der Waals surface area contributed by atoms with Gasteiger partial charge in [-0.1, -0.05) is 54.6 Å². The van der Waals surface area contributed by atoms with Crippen LogP contribution >= 0.6 is 0 Å². The Morgan fingerprint density at radius 1 is 0.906 bits per heavy atom. The molecule has 32 heavy (non-hydrogen) atoms. The van der Waals surface area contributed by atoms with Crippen LogP contribution in [0.1, 0.15) is 29.5 Å². The maximum Gasteiger partial charge on any atom is 0.222 e. The van der Waals surface area contributed by atoms with Gasteiger partial charge in [0.15, 0.2) is 5.96 Å². The van der Waals surface area contributed by atoms with Crippen LogP contribution in [0.25, 0.3) is 0 Å². The number of guanidine groups is 1. The lowest BCUT2D eigenvalue weighted by molar-refractivity contribution is -0.132. The maximum atomic E-state index is 12.7. The zero-order chi connectivity index (χ0) is 22.2. The van der Waals surface area contributed by atoms with E-state index in [1.54, 1.807) is 0 Å². The fourth-order valence-electron chi connectivity index (χ4n) is 4.60. The van der Waals surface area contributed by atoms with Crippen LogP contribution in [0.5, 0.6) is 0 Å². The lowest BCUT2D eigenvalue weighted by atomic mass is 9.99. The molecule has 2 aliphatic heterocycles. The number of nitrogens with one attached hydrogen (secondary N) is 1. The Morgan fingerprint density at radius 2 is 1.62 bits per heavy atom. The van der Waals surface area contributed by atoms with Crippen molar-refractivity contribution in [1.82, 2.24) is 20.0 Å². The van der Waals surface area contributed by atoms with Crippen molar-refractivity contribution in [1.29, 1.82) is 0 Å². The first-order valence-corrected chi connectivity index (χ1v) is 11.8. The molecule has 1 fully saturated rings.